The molecule has 3 atom stereocenters. The Morgan fingerprint density at radius 2 is 2.10 bits per heavy atom. The number of pyridine rings is 1. The first-order valence-corrected chi connectivity index (χ1v) is 10.2. The van der Waals surface area contributed by atoms with Crippen LogP contribution in [0.25, 0.3) is 10.9 Å². The largest absolute Gasteiger partial charge is 0.511 e. The molecule has 0 spiro atoms. The van der Waals surface area contributed by atoms with Crippen molar-refractivity contribution in [2.24, 2.45) is 17.1 Å². The van der Waals surface area contributed by atoms with Gasteiger partial charge in [0.15, 0.2) is 11.6 Å². The minimum atomic E-state index is -1.65. The predicted molar refractivity (Wildman–Crippen MR) is 106 cm³/mol. The third kappa shape index (κ3) is 2.79. The summed E-state index contributed by atoms with van der Waals surface area (Å²) in [6, 6.07) is 0.935. The van der Waals surface area contributed by atoms with Crippen LogP contribution in [0.4, 0.5) is 19.3 Å². The summed E-state index contributed by atoms with van der Waals surface area (Å²) in [5.74, 6) is -1.93. The van der Waals surface area contributed by atoms with Gasteiger partial charge < -0.3 is 25.0 Å². The lowest BCUT2D eigenvalue weighted by Gasteiger charge is -2.57. The van der Waals surface area contributed by atoms with Gasteiger partial charge in [0.2, 0.25) is 5.43 Å². The Hall–Kier alpha value is -2.68. The number of benzene rings is 1. The zero-order valence-electron chi connectivity index (χ0n) is 16.5. The van der Waals surface area contributed by atoms with Crippen molar-refractivity contribution >= 4 is 22.7 Å². The molecule has 2 saturated carbocycles. The fraction of sp³-hybridized carbons (Fsp3) is 0.524. The van der Waals surface area contributed by atoms with E-state index in [1.54, 1.807) is 4.90 Å². The number of carbonyl (C=O) groups is 1. The smallest absolute Gasteiger partial charge is 0.449 e. The van der Waals surface area contributed by atoms with Gasteiger partial charge in [-0.05, 0) is 43.1 Å². The van der Waals surface area contributed by atoms with Crippen LogP contribution in [0.15, 0.2) is 17.1 Å². The van der Waals surface area contributed by atoms with E-state index in [2.05, 4.69) is 11.7 Å². The standard InChI is InChI=1S/C21H23F2N3O4/c1-21-4-5-25(8-12(21)14(24)7-21)18-13(22)6-11-17(16(18)23)26(10-2-3-10)9-15(19(11)27)30-20(28)29/h6,9-10,12,14H,2-5,7-8,24H2,1H3,(H,28,29)/t12-,14-,21+/m0/s1. The number of ether oxygens (including phenoxy) is 1. The SMILES string of the molecule is C[C@]12CCN(c3c(F)cc4c(=O)c(OC(=O)O)cn(C5CC5)c4c3F)C[C@H]1[C@@H](N)C2. The van der Waals surface area contributed by atoms with E-state index in [0.717, 1.165) is 31.7 Å². The molecule has 2 heterocycles. The van der Waals surface area contributed by atoms with Crippen LogP contribution in [0.5, 0.6) is 5.75 Å². The van der Waals surface area contributed by atoms with E-state index in [0.29, 0.717) is 13.1 Å². The van der Waals surface area contributed by atoms with E-state index in [4.69, 9.17) is 10.8 Å². The van der Waals surface area contributed by atoms with Crippen molar-refractivity contribution in [3.05, 3.63) is 34.1 Å². The highest BCUT2D eigenvalue weighted by molar-refractivity contribution is 5.86. The summed E-state index contributed by atoms with van der Waals surface area (Å²) < 4.78 is 36.9. The quantitative estimate of drug-likeness (QED) is 0.742. The third-order valence-corrected chi connectivity index (χ3v) is 7.09. The molecule has 2 aliphatic carbocycles. The van der Waals surface area contributed by atoms with Gasteiger partial charge in [-0.3, -0.25) is 4.79 Å². The molecule has 160 valence electrons. The van der Waals surface area contributed by atoms with Gasteiger partial charge in [-0.15, -0.1) is 0 Å². The van der Waals surface area contributed by atoms with Crippen LogP contribution in [-0.4, -0.2) is 35.0 Å². The van der Waals surface area contributed by atoms with Gasteiger partial charge >= 0.3 is 6.16 Å². The normalized spacial score (nSPS) is 28.2. The fourth-order valence-corrected chi connectivity index (χ4v) is 5.26. The monoisotopic (exact) mass is 419 g/mol. The van der Waals surface area contributed by atoms with Gasteiger partial charge in [-0.2, -0.15) is 0 Å². The summed E-state index contributed by atoms with van der Waals surface area (Å²) in [5.41, 5.74) is 5.26. The molecule has 1 aliphatic heterocycles. The topological polar surface area (TPSA) is 97.8 Å². The van der Waals surface area contributed by atoms with E-state index >= 15 is 8.78 Å². The summed E-state index contributed by atoms with van der Waals surface area (Å²) in [5, 5.41) is 8.67. The fourth-order valence-electron chi connectivity index (χ4n) is 5.26. The average molecular weight is 419 g/mol. The predicted octanol–water partition coefficient (Wildman–Crippen LogP) is 3.24. The van der Waals surface area contributed by atoms with Crippen LogP contribution in [0.3, 0.4) is 0 Å². The summed E-state index contributed by atoms with van der Waals surface area (Å²) >= 11 is 0. The van der Waals surface area contributed by atoms with Crippen molar-refractivity contribution in [2.45, 2.75) is 44.7 Å². The molecule has 2 aromatic rings. The molecule has 0 unspecified atom stereocenters. The molecular weight excluding hydrogens is 396 g/mol. The van der Waals surface area contributed by atoms with E-state index in [-0.39, 0.29) is 40.0 Å². The van der Waals surface area contributed by atoms with Crippen molar-refractivity contribution in [1.82, 2.24) is 4.57 Å². The Morgan fingerprint density at radius 3 is 2.73 bits per heavy atom. The highest BCUT2D eigenvalue weighted by atomic mass is 19.1. The lowest BCUT2D eigenvalue weighted by atomic mass is 9.55. The highest BCUT2D eigenvalue weighted by Crippen LogP contribution is 2.52. The molecule has 3 aliphatic rings. The Labute approximate surface area is 171 Å². The van der Waals surface area contributed by atoms with Crippen molar-refractivity contribution in [1.29, 1.82) is 0 Å². The summed E-state index contributed by atoms with van der Waals surface area (Å²) in [6.07, 6.45) is 2.80. The molecule has 3 N–H and O–H groups in total. The molecule has 1 aromatic heterocycles. The number of carboxylic acid groups (broad SMARTS) is 1. The molecule has 1 aromatic carbocycles. The van der Waals surface area contributed by atoms with Gasteiger partial charge in [0.1, 0.15) is 11.5 Å². The van der Waals surface area contributed by atoms with Crippen molar-refractivity contribution in [2.75, 3.05) is 18.0 Å². The highest BCUT2D eigenvalue weighted by Gasteiger charge is 2.52. The third-order valence-electron chi connectivity index (χ3n) is 7.09. The van der Waals surface area contributed by atoms with Crippen LogP contribution in [-0.2, 0) is 0 Å². The van der Waals surface area contributed by atoms with Crippen molar-refractivity contribution < 1.29 is 23.4 Å². The van der Waals surface area contributed by atoms with E-state index in [9.17, 15) is 9.59 Å². The molecule has 0 bridgehead atoms. The first kappa shape index (κ1) is 19.3. The van der Waals surface area contributed by atoms with Crippen LogP contribution >= 0.6 is 0 Å². The summed E-state index contributed by atoms with van der Waals surface area (Å²) in [6.45, 7) is 3.14. The molecule has 7 nitrogen and oxygen atoms in total. The van der Waals surface area contributed by atoms with Gasteiger partial charge in [-0.1, -0.05) is 6.92 Å². The lowest BCUT2D eigenvalue weighted by molar-refractivity contribution is 0.00280. The number of anilines is 1. The number of aromatic nitrogens is 1. The number of hydrogen-bond donors (Lipinski definition) is 2. The van der Waals surface area contributed by atoms with E-state index in [1.807, 2.05) is 0 Å². The molecule has 30 heavy (non-hydrogen) atoms. The molecule has 1 saturated heterocycles. The Kier molecular flexibility index (Phi) is 4.12. The summed E-state index contributed by atoms with van der Waals surface area (Å²) in [7, 11) is 0. The second-order valence-electron chi connectivity index (χ2n) is 9.07. The Morgan fingerprint density at radius 1 is 1.37 bits per heavy atom. The number of halogens is 2. The van der Waals surface area contributed by atoms with E-state index < -0.39 is 29.0 Å². The average Bonchev–Trinajstić information content (AvgIpc) is 3.50. The van der Waals surface area contributed by atoms with Crippen molar-refractivity contribution in [3.63, 3.8) is 0 Å². The van der Waals surface area contributed by atoms with Crippen molar-refractivity contribution in [3.8, 4) is 5.75 Å². The second kappa shape index (κ2) is 6.41. The minimum absolute atomic E-state index is 0.0112. The molecule has 0 amide bonds. The molecule has 9 heteroatoms. The first-order chi connectivity index (χ1) is 14.2. The number of rotatable bonds is 3. The van der Waals surface area contributed by atoms with Gasteiger partial charge in [0.05, 0.1) is 17.1 Å². The van der Waals surface area contributed by atoms with Gasteiger partial charge in [0.25, 0.3) is 0 Å². The molecular formula is C21H23F2N3O4. The number of nitrogens with zero attached hydrogens (tertiary/aromatic N) is 2. The number of piperidine rings is 1. The number of fused-ring (bicyclic) bond motifs is 2. The number of hydrogen-bond acceptors (Lipinski definition) is 5. The first-order valence-electron chi connectivity index (χ1n) is 10.2. The maximum atomic E-state index is 15.7. The lowest BCUT2D eigenvalue weighted by Crippen LogP contribution is -2.62. The Bertz CT molecular complexity index is 1130. The minimum Gasteiger partial charge on any atom is -0.449 e. The number of nitrogens with two attached hydrogens (primary N) is 1. The van der Waals surface area contributed by atoms with Crippen LogP contribution in [0, 0.1) is 23.0 Å². The van der Waals surface area contributed by atoms with Gasteiger partial charge in [0, 0.05) is 25.2 Å². The van der Waals surface area contributed by atoms with Crippen LogP contribution in [0.1, 0.15) is 38.6 Å². The van der Waals surface area contributed by atoms with Crippen LogP contribution < -0.4 is 20.8 Å². The zero-order valence-corrected chi connectivity index (χ0v) is 16.5. The molecule has 5 rings (SSSR count). The van der Waals surface area contributed by atoms with E-state index in [1.165, 1.54) is 10.8 Å². The molecule has 3 fully saturated rings. The maximum absolute atomic E-state index is 15.7. The van der Waals surface area contributed by atoms with Gasteiger partial charge in [-0.25, -0.2) is 13.6 Å². The summed E-state index contributed by atoms with van der Waals surface area (Å²) in [4.78, 5) is 25.3. The Balaban J connectivity index is 1.65. The second-order valence-corrected chi connectivity index (χ2v) is 9.07. The maximum Gasteiger partial charge on any atom is 0.511 e. The molecule has 0 radical (unpaired) electrons. The van der Waals surface area contributed by atoms with Crippen LogP contribution in [0.2, 0.25) is 0 Å². The zero-order chi connectivity index (χ0) is 21.4.